The molecule has 1 aromatic carbocycles. The molecule has 3 nitrogen and oxygen atoms in total. The lowest BCUT2D eigenvalue weighted by Crippen LogP contribution is -2.32. The molecule has 0 fully saturated rings. The van der Waals surface area contributed by atoms with Gasteiger partial charge in [0.15, 0.2) is 0 Å². The van der Waals surface area contributed by atoms with Gasteiger partial charge in [0.1, 0.15) is 12.2 Å². The first-order chi connectivity index (χ1) is 9.41. The standard InChI is InChI=1S/C11H13BrFNO2.C2H6.CH3F/c1-6(13)8-3-2-7(4-9(8)12)5-10(14)11(15)16;2*1-2/h2-4,6,10H,5,14H2,1H3,(H,15,16);1-2H3;1H3/t6?,10-;;/m0../s1. The minimum atomic E-state index is -1.06. The predicted molar refractivity (Wildman–Crippen MR) is 81.4 cm³/mol. The van der Waals surface area contributed by atoms with Gasteiger partial charge in [0, 0.05) is 4.47 Å². The molecule has 0 amide bonds. The summed E-state index contributed by atoms with van der Waals surface area (Å²) in [5, 5.41) is 8.66. The normalized spacial score (nSPS) is 12.2. The van der Waals surface area contributed by atoms with Gasteiger partial charge < -0.3 is 10.8 Å². The Morgan fingerprint density at radius 2 is 1.90 bits per heavy atom. The molecule has 116 valence electrons. The number of carboxylic acid groups (broad SMARTS) is 1. The number of benzene rings is 1. The van der Waals surface area contributed by atoms with Crippen LogP contribution in [0.2, 0.25) is 0 Å². The Kier molecular flexibility index (Phi) is 12.5. The van der Waals surface area contributed by atoms with Crippen molar-refractivity contribution in [1.29, 1.82) is 0 Å². The quantitative estimate of drug-likeness (QED) is 0.858. The number of hydrogen-bond donors (Lipinski definition) is 2. The van der Waals surface area contributed by atoms with Crippen LogP contribution in [-0.4, -0.2) is 24.3 Å². The first kappa shape index (κ1) is 21.3. The molecule has 0 bridgehead atoms. The van der Waals surface area contributed by atoms with Crippen LogP contribution in [0.1, 0.15) is 38.1 Å². The Morgan fingerprint density at radius 3 is 2.25 bits per heavy atom. The second-order valence-corrected chi connectivity index (χ2v) is 4.48. The van der Waals surface area contributed by atoms with E-state index >= 15 is 0 Å². The Morgan fingerprint density at radius 1 is 1.40 bits per heavy atom. The van der Waals surface area contributed by atoms with E-state index in [1.54, 1.807) is 18.2 Å². The molecule has 0 spiro atoms. The van der Waals surface area contributed by atoms with E-state index in [0.29, 0.717) is 17.2 Å². The van der Waals surface area contributed by atoms with Gasteiger partial charge >= 0.3 is 5.97 Å². The summed E-state index contributed by atoms with van der Waals surface area (Å²) in [4.78, 5) is 10.6. The van der Waals surface area contributed by atoms with Gasteiger partial charge in [0.2, 0.25) is 0 Å². The highest BCUT2D eigenvalue weighted by atomic mass is 79.9. The molecule has 1 unspecified atom stereocenters. The molecule has 0 radical (unpaired) electrons. The van der Waals surface area contributed by atoms with Crippen molar-refractivity contribution in [3.8, 4) is 0 Å². The molecule has 0 heterocycles. The van der Waals surface area contributed by atoms with Crippen molar-refractivity contribution in [2.24, 2.45) is 5.73 Å². The molecule has 1 aromatic rings. The lowest BCUT2D eigenvalue weighted by atomic mass is 10.0. The minimum absolute atomic E-state index is 0.231. The maximum atomic E-state index is 13.1. The molecule has 0 saturated heterocycles. The van der Waals surface area contributed by atoms with Gasteiger partial charge in [0.25, 0.3) is 0 Å². The Bertz CT molecular complexity index is 401. The first-order valence-corrected chi connectivity index (χ1v) is 6.99. The van der Waals surface area contributed by atoms with Gasteiger partial charge in [-0.3, -0.25) is 9.18 Å². The van der Waals surface area contributed by atoms with E-state index in [4.69, 9.17) is 10.8 Å². The molecule has 1 rings (SSSR count). The fourth-order valence-corrected chi connectivity index (χ4v) is 2.10. The van der Waals surface area contributed by atoms with Gasteiger partial charge in [-0.2, -0.15) is 0 Å². The number of aliphatic carboxylic acids is 1. The third-order valence-corrected chi connectivity index (χ3v) is 2.95. The minimum Gasteiger partial charge on any atom is -0.480 e. The van der Waals surface area contributed by atoms with Crippen molar-refractivity contribution in [3.05, 3.63) is 33.8 Å². The van der Waals surface area contributed by atoms with Crippen molar-refractivity contribution < 1.29 is 18.7 Å². The zero-order chi connectivity index (χ0) is 16.3. The van der Waals surface area contributed by atoms with Gasteiger partial charge in [-0.1, -0.05) is 41.9 Å². The molecule has 0 aliphatic rings. The first-order valence-electron chi connectivity index (χ1n) is 6.20. The summed E-state index contributed by atoms with van der Waals surface area (Å²) < 4.78 is 23.2. The van der Waals surface area contributed by atoms with Crippen LogP contribution in [0.5, 0.6) is 0 Å². The Balaban J connectivity index is 0. The fourth-order valence-electron chi connectivity index (χ4n) is 1.36. The summed E-state index contributed by atoms with van der Waals surface area (Å²) in [5.41, 5.74) is 6.73. The van der Waals surface area contributed by atoms with E-state index in [9.17, 15) is 13.6 Å². The van der Waals surface area contributed by atoms with Crippen LogP contribution >= 0.6 is 15.9 Å². The lowest BCUT2D eigenvalue weighted by Gasteiger charge is -2.10. The number of carbonyl (C=O) groups is 1. The molecule has 0 saturated carbocycles. The molecular formula is C14H22BrF2NO2. The van der Waals surface area contributed by atoms with Crippen LogP contribution in [0.25, 0.3) is 0 Å². The zero-order valence-corrected chi connectivity index (χ0v) is 13.7. The van der Waals surface area contributed by atoms with E-state index in [1.165, 1.54) is 6.92 Å². The van der Waals surface area contributed by atoms with Crippen molar-refractivity contribution in [2.75, 3.05) is 7.18 Å². The Hall–Kier alpha value is -1.01. The average Bonchev–Trinajstić information content (AvgIpc) is 2.42. The second kappa shape index (κ2) is 11.8. The summed E-state index contributed by atoms with van der Waals surface area (Å²) in [6, 6.07) is 4.10. The van der Waals surface area contributed by atoms with Gasteiger partial charge in [-0.05, 0) is 30.5 Å². The maximum absolute atomic E-state index is 13.1. The molecule has 6 heteroatoms. The topological polar surface area (TPSA) is 63.3 Å². The van der Waals surface area contributed by atoms with Crippen LogP contribution in [0.3, 0.4) is 0 Å². The molecule has 20 heavy (non-hydrogen) atoms. The van der Waals surface area contributed by atoms with Crippen molar-refractivity contribution in [1.82, 2.24) is 0 Å². The number of hydrogen-bond acceptors (Lipinski definition) is 2. The molecule has 0 aliphatic heterocycles. The third kappa shape index (κ3) is 7.55. The van der Waals surface area contributed by atoms with E-state index in [0.717, 1.165) is 5.56 Å². The van der Waals surface area contributed by atoms with Gasteiger partial charge in [-0.15, -0.1) is 0 Å². The number of halogens is 3. The summed E-state index contributed by atoms with van der Waals surface area (Å²) >= 11 is 3.25. The van der Waals surface area contributed by atoms with Gasteiger partial charge in [-0.25, -0.2) is 4.39 Å². The van der Waals surface area contributed by atoms with Crippen LogP contribution in [0.15, 0.2) is 22.7 Å². The van der Waals surface area contributed by atoms with Crippen LogP contribution in [0.4, 0.5) is 8.78 Å². The number of carboxylic acids is 1. The third-order valence-electron chi connectivity index (χ3n) is 2.27. The van der Waals surface area contributed by atoms with Crippen LogP contribution in [0, 0.1) is 0 Å². The number of nitrogens with two attached hydrogens (primary N) is 1. The SMILES string of the molecule is CC.CC(F)c1ccc(C[C@H](N)C(=O)O)cc1Br.CF. The largest absolute Gasteiger partial charge is 0.480 e. The fraction of sp³-hybridized carbons (Fsp3) is 0.500. The lowest BCUT2D eigenvalue weighted by molar-refractivity contribution is -0.138. The van der Waals surface area contributed by atoms with E-state index in [2.05, 4.69) is 15.9 Å². The average molecular weight is 354 g/mol. The van der Waals surface area contributed by atoms with E-state index < -0.39 is 18.2 Å². The summed E-state index contributed by atoms with van der Waals surface area (Å²) in [6.07, 6.45) is -0.828. The summed E-state index contributed by atoms with van der Waals surface area (Å²) in [5.74, 6) is -1.04. The molecule has 3 N–H and O–H groups in total. The van der Waals surface area contributed by atoms with E-state index in [-0.39, 0.29) is 6.42 Å². The summed E-state index contributed by atoms with van der Waals surface area (Å²) in [6.45, 7) is 5.45. The van der Waals surface area contributed by atoms with Crippen LogP contribution < -0.4 is 5.73 Å². The van der Waals surface area contributed by atoms with E-state index in [1.807, 2.05) is 13.8 Å². The number of alkyl halides is 2. The van der Waals surface area contributed by atoms with Crippen molar-refractivity contribution in [2.45, 2.75) is 39.4 Å². The monoisotopic (exact) mass is 353 g/mol. The van der Waals surface area contributed by atoms with Crippen LogP contribution in [-0.2, 0) is 11.2 Å². The highest BCUT2D eigenvalue weighted by Gasteiger charge is 2.14. The molecule has 0 aromatic heterocycles. The number of rotatable bonds is 4. The Labute approximate surface area is 127 Å². The zero-order valence-electron chi connectivity index (χ0n) is 12.2. The molecule has 0 aliphatic carbocycles. The molecular weight excluding hydrogens is 332 g/mol. The highest BCUT2D eigenvalue weighted by molar-refractivity contribution is 9.10. The van der Waals surface area contributed by atoms with Crippen molar-refractivity contribution >= 4 is 21.9 Å². The maximum Gasteiger partial charge on any atom is 0.320 e. The summed E-state index contributed by atoms with van der Waals surface area (Å²) in [7, 11) is 0.500. The highest BCUT2D eigenvalue weighted by Crippen LogP contribution is 2.27. The van der Waals surface area contributed by atoms with Gasteiger partial charge in [0.05, 0.1) is 7.18 Å². The second-order valence-electron chi connectivity index (χ2n) is 3.62. The smallest absolute Gasteiger partial charge is 0.320 e. The predicted octanol–water partition coefficient (Wildman–Crippen LogP) is 4.05. The van der Waals surface area contributed by atoms with Crippen molar-refractivity contribution in [3.63, 3.8) is 0 Å². The molecule has 2 atom stereocenters.